The van der Waals surface area contributed by atoms with E-state index in [2.05, 4.69) is 41.0 Å². The molecule has 1 aliphatic heterocycles. The average molecular weight is 404 g/mol. The molecule has 0 spiro atoms. The van der Waals surface area contributed by atoms with Crippen molar-refractivity contribution >= 4 is 33.5 Å². The topological polar surface area (TPSA) is 61.4 Å². The monoisotopic (exact) mass is 403 g/mol. The Morgan fingerprint density at radius 2 is 1.88 bits per heavy atom. The molecule has 132 valence electrons. The summed E-state index contributed by atoms with van der Waals surface area (Å²) in [5.41, 5.74) is 1.95. The molecule has 1 saturated heterocycles. The molecule has 1 aliphatic rings. The van der Waals surface area contributed by atoms with Crippen LogP contribution in [0, 0.1) is 6.92 Å². The molecular weight excluding hydrogens is 382 g/mol. The van der Waals surface area contributed by atoms with Crippen LogP contribution in [-0.2, 0) is 4.79 Å². The summed E-state index contributed by atoms with van der Waals surface area (Å²) in [5, 5.41) is 3.01. The quantitative estimate of drug-likeness (QED) is 0.849. The number of aryl methyl sites for hydroxylation is 1. The highest BCUT2D eigenvalue weighted by molar-refractivity contribution is 9.10. The van der Waals surface area contributed by atoms with Gasteiger partial charge in [-0.3, -0.25) is 9.69 Å². The summed E-state index contributed by atoms with van der Waals surface area (Å²) >= 11 is 3.51. The molecule has 1 aromatic carbocycles. The molecule has 0 radical (unpaired) electrons. The number of rotatable bonds is 4. The van der Waals surface area contributed by atoms with Crippen molar-refractivity contribution in [2.24, 2.45) is 0 Å². The second kappa shape index (κ2) is 7.93. The van der Waals surface area contributed by atoms with E-state index in [0.717, 1.165) is 47.9 Å². The lowest BCUT2D eigenvalue weighted by molar-refractivity contribution is -0.120. The molecule has 1 N–H and O–H groups in total. The number of carbonyl (C=O) groups excluding carboxylic acids is 1. The molecule has 1 aromatic heterocycles. The van der Waals surface area contributed by atoms with Gasteiger partial charge in [-0.2, -0.15) is 0 Å². The molecule has 25 heavy (non-hydrogen) atoms. The molecule has 0 unspecified atom stereocenters. The fourth-order valence-electron chi connectivity index (χ4n) is 2.89. The Bertz CT molecular complexity index is 732. The van der Waals surface area contributed by atoms with Crippen molar-refractivity contribution in [3.05, 3.63) is 46.7 Å². The second-order valence-electron chi connectivity index (χ2n) is 6.22. The third kappa shape index (κ3) is 4.35. The summed E-state index contributed by atoms with van der Waals surface area (Å²) in [6, 6.07) is 7.54. The number of anilines is 2. The Morgan fingerprint density at radius 1 is 1.20 bits per heavy atom. The van der Waals surface area contributed by atoms with Crippen molar-refractivity contribution < 1.29 is 4.79 Å². The lowest BCUT2D eigenvalue weighted by atomic mass is 10.2. The minimum absolute atomic E-state index is 0.00830. The van der Waals surface area contributed by atoms with E-state index in [0.29, 0.717) is 0 Å². The van der Waals surface area contributed by atoms with Gasteiger partial charge >= 0.3 is 0 Å². The number of aromatic nitrogens is 2. The zero-order valence-electron chi connectivity index (χ0n) is 14.4. The second-order valence-corrected chi connectivity index (χ2v) is 7.07. The minimum atomic E-state index is -0.188. The summed E-state index contributed by atoms with van der Waals surface area (Å²) in [7, 11) is 0. The van der Waals surface area contributed by atoms with E-state index >= 15 is 0 Å². The molecule has 0 aliphatic carbocycles. The van der Waals surface area contributed by atoms with Crippen LogP contribution in [0.2, 0.25) is 0 Å². The van der Waals surface area contributed by atoms with Crippen molar-refractivity contribution in [1.29, 1.82) is 0 Å². The average Bonchev–Trinajstić information content (AvgIpc) is 2.64. The molecular formula is C18H22BrN5O. The van der Waals surface area contributed by atoms with Gasteiger partial charge in [-0.15, -0.1) is 0 Å². The third-order valence-electron chi connectivity index (χ3n) is 4.46. The Labute approximate surface area is 156 Å². The van der Waals surface area contributed by atoms with Gasteiger partial charge in [0.2, 0.25) is 11.9 Å². The molecule has 3 rings (SSSR count). The molecule has 6 nitrogen and oxygen atoms in total. The van der Waals surface area contributed by atoms with Gasteiger partial charge in [0.25, 0.3) is 0 Å². The highest BCUT2D eigenvalue weighted by Crippen LogP contribution is 2.24. The minimum Gasteiger partial charge on any atom is -0.338 e. The maximum Gasteiger partial charge on any atom is 0.241 e. The maximum atomic E-state index is 12.6. The van der Waals surface area contributed by atoms with Crippen LogP contribution in [0.25, 0.3) is 0 Å². The first-order valence-corrected chi connectivity index (χ1v) is 9.17. The Morgan fingerprint density at radius 3 is 2.52 bits per heavy atom. The van der Waals surface area contributed by atoms with Crippen LogP contribution in [0.15, 0.2) is 41.1 Å². The summed E-state index contributed by atoms with van der Waals surface area (Å²) in [4.78, 5) is 25.5. The van der Waals surface area contributed by atoms with Crippen molar-refractivity contribution in [2.45, 2.75) is 19.9 Å². The van der Waals surface area contributed by atoms with Gasteiger partial charge in [0, 0.05) is 43.0 Å². The van der Waals surface area contributed by atoms with E-state index in [9.17, 15) is 4.79 Å². The van der Waals surface area contributed by atoms with Crippen LogP contribution in [0.1, 0.15) is 12.5 Å². The van der Waals surface area contributed by atoms with E-state index in [1.54, 1.807) is 12.4 Å². The van der Waals surface area contributed by atoms with Crippen LogP contribution in [0.3, 0.4) is 0 Å². The number of nitrogens with one attached hydrogen (secondary N) is 1. The van der Waals surface area contributed by atoms with Gasteiger partial charge in [0.05, 0.1) is 11.7 Å². The lowest BCUT2D eigenvalue weighted by Gasteiger charge is -2.37. The molecule has 2 aromatic rings. The first-order chi connectivity index (χ1) is 12.0. The number of piperazine rings is 1. The summed E-state index contributed by atoms with van der Waals surface area (Å²) in [6.45, 7) is 7.22. The number of hydrogen-bond donors (Lipinski definition) is 1. The molecule has 2 heterocycles. The SMILES string of the molecule is Cc1ccc(NC(=O)[C@@H](C)N2CCN(c3ncccn3)CC2)c(Br)c1. The summed E-state index contributed by atoms with van der Waals surface area (Å²) in [6.07, 6.45) is 3.51. The normalized spacial score (nSPS) is 16.5. The standard InChI is InChI=1S/C18H22BrN5O/c1-13-4-5-16(15(19)12-13)22-17(25)14(2)23-8-10-24(11-9-23)18-20-6-3-7-21-18/h3-7,12,14H,8-11H2,1-2H3,(H,22,25)/t14-/m1/s1. The van der Waals surface area contributed by atoms with Crippen molar-refractivity contribution in [3.8, 4) is 0 Å². The number of amides is 1. The fourth-order valence-corrected chi connectivity index (χ4v) is 3.48. The molecule has 1 amide bonds. The maximum absolute atomic E-state index is 12.6. The lowest BCUT2D eigenvalue weighted by Crippen LogP contribution is -2.53. The van der Waals surface area contributed by atoms with Gasteiger partial charge < -0.3 is 10.2 Å². The predicted molar refractivity (Wildman–Crippen MR) is 103 cm³/mol. The molecule has 1 atom stereocenters. The Hall–Kier alpha value is -1.99. The van der Waals surface area contributed by atoms with Crippen molar-refractivity contribution in [2.75, 3.05) is 36.4 Å². The van der Waals surface area contributed by atoms with E-state index in [-0.39, 0.29) is 11.9 Å². The third-order valence-corrected chi connectivity index (χ3v) is 5.11. The zero-order chi connectivity index (χ0) is 17.8. The number of nitrogens with zero attached hydrogens (tertiary/aromatic N) is 4. The van der Waals surface area contributed by atoms with E-state index < -0.39 is 0 Å². The Kier molecular flexibility index (Phi) is 5.65. The number of hydrogen-bond acceptors (Lipinski definition) is 5. The molecule has 0 bridgehead atoms. The molecule has 7 heteroatoms. The molecule has 1 fully saturated rings. The van der Waals surface area contributed by atoms with Crippen LogP contribution in [0.5, 0.6) is 0 Å². The Balaban J connectivity index is 1.56. The van der Waals surface area contributed by atoms with Gasteiger partial charge in [0.15, 0.2) is 0 Å². The molecule has 0 saturated carbocycles. The van der Waals surface area contributed by atoms with E-state index in [1.807, 2.05) is 38.1 Å². The summed E-state index contributed by atoms with van der Waals surface area (Å²) < 4.78 is 0.902. The van der Waals surface area contributed by atoms with Gasteiger partial charge in [-0.05, 0) is 53.5 Å². The van der Waals surface area contributed by atoms with E-state index in [1.165, 1.54) is 0 Å². The van der Waals surface area contributed by atoms with Gasteiger partial charge in [-0.1, -0.05) is 6.07 Å². The highest BCUT2D eigenvalue weighted by atomic mass is 79.9. The van der Waals surface area contributed by atoms with Gasteiger partial charge in [-0.25, -0.2) is 9.97 Å². The first-order valence-electron chi connectivity index (χ1n) is 8.37. The predicted octanol–water partition coefficient (Wildman–Crippen LogP) is 2.70. The van der Waals surface area contributed by atoms with Crippen LogP contribution >= 0.6 is 15.9 Å². The van der Waals surface area contributed by atoms with Crippen LogP contribution in [0.4, 0.5) is 11.6 Å². The first kappa shape index (κ1) is 17.8. The largest absolute Gasteiger partial charge is 0.338 e. The number of halogens is 1. The zero-order valence-corrected chi connectivity index (χ0v) is 16.0. The highest BCUT2D eigenvalue weighted by Gasteiger charge is 2.26. The fraction of sp³-hybridized carbons (Fsp3) is 0.389. The number of carbonyl (C=O) groups is 1. The van der Waals surface area contributed by atoms with Crippen molar-refractivity contribution in [1.82, 2.24) is 14.9 Å². The summed E-state index contributed by atoms with van der Waals surface area (Å²) in [5.74, 6) is 0.761. The van der Waals surface area contributed by atoms with E-state index in [4.69, 9.17) is 0 Å². The van der Waals surface area contributed by atoms with Gasteiger partial charge in [0.1, 0.15) is 0 Å². The van der Waals surface area contributed by atoms with Crippen LogP contribution < -0.4 is 10.2 Å². The number of benzene rings is 1. The van der Waals surface area contributed by atoms with Crippen LogP contribution in [-0.4, -0.2) is 53.0 Å². The van der Waals surface area contributed by atoms with Crippen molar-refractivity contribution in [3.63, 3.8) is 0 Å². The smallest absolute Gasteiger partial charge is 0.241 e.